The van der Waals surface area contributed by atoms with E-state index in [-0.39, 0.29) is 5.78 Å². The van der Waals surface area contributed by atoms with Crippen LogP contribution in [0.15, 0.2) is 30.3 Å². The summed E-state index contributed by atoms with van der Waals surface area (Å²) in [6.07, 6.45) is 0. The van der Waals surface area contributed by atoms with Gasteiger partial charge in [0.15, 0.2) is 5.78 Å². The van der Waals surface area contributed by atoms with Crippen LogP contribution < -0.4 is 5.32 Å². The van der Waals surface area contributed by atoms with Crippen LogP contribution in [-0.2, 0) is 0 Å². The quantitative estimate of drug-likeness (QED) is 0.653. The first-order valence-corrected chi connectivity index (χ1v) is 3.43. The predicted octanol–water partition coefficient (Wildman–Crippen LogP) is 1.25. The van der Waals surface area contributed by atoms with Crippen molar-refractivity contribution in [1.82, 2.24) is 5.32 Å². The molecule has 0 amide bonds. The van der Waals surface area contributed by atoms with E-state index in [4.69, 9.17) is 0 Å². The van der Waals surface area contributed by atoms with Gasteiger partial charge in [0.25, 0.3) is 0 Å². The number of carbonyl (C=O) groups excluding carboxylic acids is 1. The second-order valence-electron chi connectivity index (χ2n) is 2.22. The summed E-state index contributed by atoms with van der Waals surface area (Å²) in [6.45, 7) is 0.296. The zero-order valence-electron chi connectivity index (χ0n) is 6.21. The third-order valence-electron chi connectivity index (χ3n) is 1.38. The molecular weight excluding hydrogens is 138 g/mol. The second kappa shape index (κ2) is 3.88. The maximum absolute atomic E-state index is 11.1. The van der Waals surface area contributed by atoms with E-state index >= 15 is 0 Å². The molecule has 0 heterocycles. The maximum Gasteiger partial charge on any atom is 0.176 e. The topological polar surface area (TPSA) is 29.1 Å². The molecule has 0 aliphatic carbocycles. The first-order chi connectivity index (χ1) is 5.34. The number of ketones is 1. The molecule has 0 saturated heterocycles. The number of nitrogens with one attached hydrogen (secondary N) is 1. The van der Waals surface area contributed by atoms with Gasteiger partial charge in [-0.1, -0.05) is 30.3 Å². The fraction of sp³-hybridized carbons (Fsp3) is 0.111. The van der Waals surface area contributed by atoms with Crippen LogP contribution in [0.25, 0.3) is 0 Å². The summed E-state index contributed by atoms with van der Waals surface area (Å²) in [5.41, 5.74) is 0.726. The minimum absolute atomic E-state index is 0.0700. The van der Waals surface area contributed by atoms with Crippen LogP contribution in [-0.4, -0.2) is 12.3 Å². The van der Waals surface area contributed by atoms with E-state index in [2.05, 4.69) is 12.4 Å². The number of Topliss-reactive ketones (excluding diaryl/α,β-unsaturated/α-hetero) is 1. The van der Waals surface area contributed by atoms with Crippen molar-refractivity contribution in [2.45, 2.75) is 0 Å². The fourth-order valence-electron chi connectivity index (χ4n) is 0.840. The Hall–Kier alpha value is -1.15. The first-order valence-electron chi connectivity index (χ1n) is 3.43. The molecule has 1 N–H and O–H groups in total. The lowest BCUT2D eigenvalue weighted by Crippen LogP contribution is -2.16. The number of carbonyl (C=O) groups is 1. The Morgan fingerprint density at radius 1 is 1.36 bits per heavy atom. The SMILES string of the molecule is [CH2]NCC(=O)c1ccccc1. The van der Waals surface area contributed by atoms with E-state index < -0.39 is 0 Å². The maximum atomic E-state index is 11.1. The van der Waals surface area contributed by atoms with Crippen molar-refractivity contribution in [3.63, 3.8) is 0 Å². The lowest BCUT2D eigenvalue weighted by Gasteiger charge is -1.97. The Kier molecular flexibility index (Phi) is 2.81. The summed E-state index contributed by atoms with van der Waals surface area (Å²) in [6, 6.07) is 9.15. The smallest absolute Gasteiger partial charge is 0.176 e. The Morgan fingerprint density at radius 3 is 2.55 bits per heavy atom. The Labute approximate surface area is 66.2 Å². The molecule has 2 heteroatoms. The van der Waals surface area contributed by atoms with Gasteiger partial charge in [-0.15, -0.1) is 0 Å². The highest BCUT2D eigenvalue weighted by atomic mass is 16.1. The molecule has 2 nitrogen and oxygen atoms in total. The van der Waals surface area contributed by atoms with Crippen LogP contribution in [0.5, 0.6) is 0 Å². The molecule has 0 aliphatic rings. The average molecular weight is 148 g/mol. The largest absolute Gasteiger partial charge is 0.308 e. The predicted molar refractivity (Wildman–Crippen MR) is 44.1 cm³/mol. The van der Waals surface area contributed by atoms with E-state index in [9.17, 15) is 4.79 Å². The van der Waals surface area contributed by atoms with Gasteiger partial charge in [-0.05, 0) is 0 Å². The summed E-state index contributed by atoms with van der Waals surface area (Å²) in [5, 5.41) is 2.57. The van der Waals surface area contributed by atoms with Gasteiger partial charge < -0.3 is 5.32 Å². The standard InChI is InChI=1S/C9H10NO/c1-10-7-9(11)8-5-3-2-4-6-8/h2-6,10H,1,7H2. The molecule has 0 fully saturated rings. The molecule has 57 valence electrons. The molecule has 1 rings (SSSR count). The Bertz CT molecular complexity index is 231. The molecule has 0 aliphatic heterocycles. The average Bonchev–Trinajstić information content (AvgIpc) is 2.07. The van der Waals surface area contributed by atoms with Gasteiger partial charge in [-0.2, -0.15) is 0 Å². The minimum Gasteiger partial charge on any atom is -0.308 e. The fourth-order valence-corrected chi connectivity index (χ4v) is 0.840. The van der Waals surface area contributed by atoms with Gasteiger partial charge >= 0.3 is 0 Å². The molecule has 1 aromatic carbocycles. The van der Waals surface area contributed by atoms with E-state index in [1.165, 1.54) is 0 Å². The third-order valence-corrected chi connectivity index (χ3v) is 1.38. The van der Waals surface area contributed by atoms with Crippen molar-refractivity contribution in [3.8, 4) is 0 Å². The van der Waals surface area contributed by atoms with Crippen molar-refractivity contribution < 1.29 is 4.79 Å². The van der Waals surface area contributed by atoms with Crippen LogP contribution >= 0.6 is 0 Å². The van der Waals surface area contributed by atoms with Crippen LogP contribution in [0.1, 0.15) is 10.4 Å². The van der Waals surface area contributed by atoms with Gasteiger partial charge in [-0.3, -0.25) is 4.79 Å². The van der Waals surface area contributed by atoms with E-state index in [1.54, 1.807) is 12.1 Å². The summed E-state index contributed by atoms with van der Waals surface area (Å²) in [4.78, 5) is 11.1. The van der Waals surface area contributed by atoms with Crippen molar-refractivity contribution in [1.29, 1.82) is 0 Å². The van der Waals surface area contributed by atoms with Crippen LogP contribution in [0.4, 0.5) is 0 Å². The van der Waals surface area contributed by atoms with E-state index in [0.29, 0.717) is 6.54 Å². The molecule has 1 aromatic rings. The Balaban J connectivity index is 2.69. The molecule has 0 spiro atoms. The summed E-state index contributed by atoms with van der Waals surface area (Å²) < 4.78 is 0. The summed E-state index contributed by atoms with van der Waals surface area (Å²) >= 11 is 0. The van der Waals surface area contributed by atoms with Crippen LogP contribution in [0, 0.1) is 7.05 Å². The molecule has 0 saturated carbocycles. The molecule has 0 unspecified atom stereocenters. The number of hydrogen-bond acceptors (Lipinski definition) is 2. The van der Waals surface area contributed by atoms with Gasteiger partial charge in [-0.25, -0.2) is 0 Å². The third kappa shape index (κ3) is 2.16. The Morgan fingerprint density at radius 2 is 2.00 bits per heavy atom. The minimum atomic E-state index is 0.0700. The number of rotatable bonds is 3. The van der Waals surface area contributed by atoms with Gasteiger partial charge in [0.1, 0.15) is 0 Å². The zero-order chi connectivity index (χ0) is 8.10. The molecule has 1 radical (unpaired) electrons. The first kappa shape index (κ1) is 7.95. The number of benzene rings is 1. The van der Waals surface area contributed by atoms with Gasteiger partial charge in [0.05, 0.1) is 6.54 Å². The molecular formula is C9H10NO. The highest BCUT2D eigenvalue weighted by Gasteiger charge is 2.00. The second-order valence-corrected chi connectivity index (χ2v) is 2.22. The van der Waals surface area contributed by atoms with Crippen molar-refractivity contribution in [3.05, 3.63) is 42.9 Å². The van der Waals surface area contributed by atoms with Crippen LogP contribution in [0.3, 0.4) is 0 Å². The van der Waals surface area contributed by atoms with Gasteiger partial charge in [0, 0.05) is 12.6 Å². The summed E-state index contributed by atoms with van der Waals surface area (Å²) in [7, 11) is 3.38. The zero-order valence-corrected chi connectivity index (χ0v) is 6.21. The number of hydrogen-bond donors (Lipinski definition) is 1. The highest BCUT2D eigenvalue weighted by molar-refractivity contribution is 5.97. The van der Waals surface area contributed by atoms with Crippen molar-refractivity contribution in [2.75, 3.05) is 6.54 Å². The van der Waals surface area contributed by atoms with Crippen molar-refractivity contribution in [2.24, 2.45) is 0 Å². The monoisotopic (exact) mass is 148 g/mol. The van der Waals surface area contributed by atoms with E-state index in [0.717, 1.165) is 5.56 Å². The van der Waals surface area contributed by atoms with Crippen molar-refractivity contribution >= 4 is 5.78 Å². The normalized spacial score (nSPS) is 9.55. The highest BCUT2D eigenvalue weighted by Crippen LogP contribution is 1.98. The van der Waals surface area contributed by atoms with Gasteiger partial charge in [0.2, 0.25) is 0 Å². The lowest BCUT2D eigenvalue weighted by molar-refractivity contribution is 0.0995. The molecule has 0 atom stereocenters. The lowest BCUT2D eigenvalue weighted by atomic mass is 10.1. The van der Waals surface area contributed by atoms with E-state index in [1.807, 2.05) is 18.2 Å². The molecule has 0 aromatic heterocycles. The molecule has 11 heavy (non-hydrogen) atoms. The molecule has 0 bridgehead atoms. The summed E-state index contributed by atoms with van der Waals surface area (Å²) in [5.74, 6) is 0.0700. The van der Waals surface area contributed by atoms with Crippen LogP contribution in [0.2, 0.25) is 0 Å².